The van der Waals surface area contributed by atoms with E-state index in [0.717, 1.165) is 6.54 Å². The van der Waals surface area contributed by atoms with Crippen LogP contribution in [0.5, 0.6) is 5.75 Å². The summed E-state index contributed by atoms with van der Waals surface area (Å²) < 4.78 is 13.2. The molecule has 1 atom stereocenters. The lowest BCUT2D eigenvalue weighted by atomic mass is 10.1. The van der Waals surface area contributed by atoms with Crippen LogP contribution in [0.3, 0.4) is 0 Å². The van der Waals surface area contributed by atoms with E-state index in [1.54, 1.807) is 23.5 Å². The van der Waals surface area contributed by atoms with E-state index in [1.807, 2.05) is 20.2 Å². The molecule has 0 aliphatic heterocycles. The van der Waals surface area contributed by atoms with Crippen molar-refractivity contribution in [2.24, 2.45) is 0 Å². The van der Waals surface area contributed by atoms with E-state index in [2.05, 4.69) is 21.7 Å². The van der Waals surface area contributed by atoms with Crippen molar-refractivity contribution in [1.82, 2.24) is 10.2 Å². The fourth-order valence-corrected chi connectivity index (χ4v) is 2.99. The number of phenolic OH excluding ortho intramolecular Hbond substituents is 1. The number of nitrogens with zero attached hydrogens (tertiary/aromatic N) is 1. The van der Waals surface area contributed by atoms with Crippen LogP contribution in [0.25, 0.3) is 0 Å². The molecule has 108 valence electrons. The van der Waals surface area contributed by atoms with Gasteiger partial charge in [0.1, 0.15) is 0 Å². The summed E-state index contributed by atoms with van der Waals surface area (Å²) in [5.41, 5.74) is 0.577. The number of hydrogen-bond donors (Lipinski definition) is 2. The maximum atomic E-state index is 13.2. The maximum absolute atomic E-state index is 13.2. The zero-order valence-electron chi connectivity index (χ0n) is 11.6. The lowest BCUT2D eigenvalue weighted by Crippen LogP contribution is -2.30. The molecule has 2 rings (SSSR count). The fourth-order valence-electron chi connectivity index (χ4n) is 2.06. The normalized spacial score (nSPS) is 12.8. The van der Waals surface area contributed by atoms with Crippen LogP contribution >= 0.6 is 11.3 Å². The van der Waals surface area contributed by atoms with Gasteiger partial charge in [0.15, 0.2) is 11.6 Å². The predicted octanol–water partition coefficient (Wildman–Crippen LogP) is 2.99. The van der Waals surface area contributed by atoms with Crippen LogP contribution in [0.4, 0.5) is 4.39 Å². The summed E-state index contributed by atoms with van der Waals surface area (Å²) in [5, 5.41) is 15.0. The molecule has 1 aromatic carbocycles. The highest BCUT2D eigenvalue weighted by Gasteiger charge is 2.15. The van der Waals surface area contributed by atoms with Gasteiger partial charge in [-0.1, -0.05) is 18.2 Å². The topological polar surface area (TPSA) is 35.5 Å². The van der Waals surface area contributed by atoms with Crippen molar-refractivity contribution in [1.29, 1.82) is 0 Å². The average molecular weight is 294 g/mol. The second-order valence-corrected chi connectivity index (χ2v) is 5.85. The Balaban J connectivity index is 1.96. The molecule has 1 heterocycles. The van der Waals surface area contributed by atoms with Gasteiger partial charge in [-0.15, -0.1) is 11.3 Å². The number of likely N-dealkylation sites (N-methyl/N-ethyl adjacent to an activating group) is 1. The molecule has 0 saturated carbocycles. The Morgan fingerprint density at radius 1 is 1.30 bits per heavy atom. The number of thiophene rings is 1. The Morgan fingerprint density at radius 2 is 2.10 bits per heavy atom. The first kappa shape index (κ1) is 15.0. The van der Waals surface area contributed by atoms with Gasteiger partial charge in [0.05, 0.1) is 6.04 Å². The number of nitrogens with one attached hydrogen (secondary N) is 1. The molecule has 3 nitrogen and oxygen atoms in total. The first-order valence-electron chi connectivity index (χ1n) is 6.46. The quantitative estimate of drug-likeness (QED) is 0.860. The van der Waals surface area contributed by atoms with Crippen LogP contribution < -0.4 is 5.32 Å². The highest BCUT2D eigenvalue weighted by molar-refractivity contribution is 7.10. The number of aromatic hydroxyl groups is 1. The SMILES string of the molecule is CN(C)C(CNCc1cccc(F)c1O)c1cccs1. The van der Waals surface area contributed by atoms with E-state index in [4.69, 9.17) is 0 Å². The molecule has 20 heavy (non-hydrogen) atoms. The minimum Gasteiger partial charge on any atom is -0.505 e. The summed E-state index contributed by atoms with van der Waals surface area (Å²) in [7, 11) is 4.07. The molecular weight excluding hydrogens is 275 g/mol. The number of benzene rings is 1. The Labute approximate surface area is 122 Å². The molecule has 0 aliphatic rings. The van der Waals surface area contributed by atoms with Crippen LogP contribution in [-0.2, 0) is 6.54 Å². The predicted molar refractivity (Wildman–Crippen MR) is 80.5 cm³/mol. The zero-order chi connectivity index (χ0) is 14.5. The number of hydrogen-bond acceptors (Lipinski definition) is 4. The number of rotatable bonds is 6. The first-order valence-corrected chi connectivity index (χ1v) is 7.34. The highest BCUT2D eigenvalue weighted by atomic mass is 32.1. The van der Waals surface area contributed by atoms with Crippen LogP contribution in [-0.4, -0.2) is 30.6 Å². The molecule has 0 spiro atoms. The van der Waals surface area contributed by atoms with Crippen molar-refractivity contribution in [3.05, 3.63) is 52.0 Å². The van der Waals surface area contributed by atoms with Gasteiger partial charge < -0.3 is 15.3 Å². The summed E-state index contributed by atoms with van der Waals surface area (Å²) in [4.78, 5) is 3.43. The monoisotopic (exact) mass is 294 g/mol. The van der Waals surface area contributed by atoms with Gasteiger partial charge in [0, 0.05) is 23.5 Å². The summed E-state index contributed by atoms with van der Waals surface area (Å²) >= 11 is 1.72. The van der Waals surface area contributed by atoms with Gasteiger partial charge in [-0.25, -0.2) is 4.39 Å². The molecule has 5 heteroatoms. The van der Waals surface area contributed by atoms with E-state index >= 15 is 0 Å². The number of phenols is 1. The Kier molecular flexibility index (Phi) is 5.11. The molecule has 0 saturated heterocycles. The summed E-state index contributed by atoms with van der Waals surface area (Å²) in [5.74, 6) is -0.843. The molecule has 0 radical (unpaired) electrons. The van der Waals surface area contributed by atoms with E-state index in [9.17, 15) is 9.50 Å². The van der Waals surface area contributed by atoms with Gasteiger partial charge in [0.25, 0.3) is 0 Å². The van der Waals surface area contributed by atoms with E-state index in [1.165, 1.54) is 10.9 Å². The van der Waals surface area contributed by atoms with Gasteiger partial charge in [-0.2, -0.15) is 0 Å². The van der Waals surface area contributed by atoms with Gasteiger partial charge in [-0.05, 0) is 31.6 Å². The molecule has 0 amide bonds. The van der Waals surface area contributed by atoms with Gasteiger partial charge in [0.2, 0.25) is 0 Å². The molecule has 1 unspecified atom stereocenters. The van der Waals surface area contributed by atoms with E-state index < -0.39 is 5.82 Å². The van der Waals surface area contributed by atoms with Crippen molar-refractivity contribution in [3.63, 3.8) is 0 Å². The minimum absolute atomic E-state index is 0.266. The lowest BCUT2D eigenvalue weighted by molar-refractivity contribution is 0.292. The Bertz CT molecular complexity index is 543. The van der Waals surface area contributed by atoms with Crippen LogP contribution in [0, 0.1) is 5.82 Å². The molecule has 2 N–H and O–H groups in total. The second-order valence-electron chi connectivity index (χ2n) is 4.87. The van der Waals surface area contributed by atoms with Crippen molar-refractivity contribution in [2.75, 3.05) is 20.6 Å². The van der Waals surface area contributed by atoms with Crippen molar-refractivity contribution < 1.29 is 9.50 Å². The standard InChI is InChI=1S/C15H19FN2OS/c1-18(2)13(14-7-4-8-20-14)10-17-9-11-5-3-6-12(16)15(11)19/h3-8,13,17,19H,9-10H2,1-2H3. The molecular formula is C15H19FN2OS. The maximum Gasteiger partial charge on any atom is 0.165 e. The Hall–Kier alpha value is -1.43. The molecule has 0 bridgehead atoms. The van der Waals surface area contributed by atoms with Crippen LogP contribution in [0.2, 0.25) is 0 Å². The van der Waals surface area contributed by atoms with Gasteiger partial charge >= 0.3 is 0 Å². The largest absolute Gasteiger partial charge is 0.505 e. The third kappa shape index (κ3) is 3.56. The first-order chi connectivity index (χ1) is 9.59. The summed E-state index contributed by atoms with van der Waals surface area (Å²) in [6, 6.07) is 9.00. The lowest BCUT2D eigenvalue weighted by Gasteiger charge is -2.23. The molecule has 1 aromatic heterocycles. The summed E-state index contributed by atoms with van der Waals surface area (Å²) in [6.07, 6.45) is 0. The average Bonchev–Trinajstić information content (AvgIpc) is 2.92. The van der Waals surface area contributed by atoms with Crippen molar-refractivity contribution in [3.8, 4) is 5.75 Å². The van der Waals surface area contributed by atoms with Gasteiger partial charge in [-0.3, -0.25) is 0 Å². The molecule has 2 aromatic rings. The second kappa shape index (κ2) is 6.83. The van der Waals surface area contributed by atoms with Crippen molar-refractivity contribution >= 4 is 11.3 Å². The van der Waals surface area contributed by atoms with E-state index in [0.29, 0.717) is 12.1 Å². The fraction of sp³-hybridized carbons (Fsp3) is 0.333. The van der Waals surface area contributed by atoms with Crippen LogP contribution in [0.1, 0.15) is 16.5 Å². The van der Waals surface area contributed by atoms with Crippen molar-refractivity contribution in [2.45, 2.75) is 12.6 Å². The smallest absolute Gasteiger partial charge is 0.165 e. The third-order valence-corrected chi connectivity index (χ3v) is 4.19. The zero-order valence-corrected chi connectivity index (χ0v) is 12.5. The molecule has 0 fully saturated rings. The number of para-hydroxylation sites is 1. The van der Waals surface area contributed by atoms with E-state index in [-0.39, 0.29) is 11.8 Å². The summed E-state index contributed by atoms with van der Waals surface area (Å²) in [6.45, 7) is 1.18. The molecule has 0 aliphatic carbocycles. The highest BCUT2D eigenvalue weighted by Crippen LogP contribution is 2.23. The Morgan fingerprint density at radius 3 is 2.75 bits per heavy atom. The third-order valence-electron chi connectivity index (χ3n) is 3.22. The number of halogens is 1. The minimum atomic E-state index is -0.577. The van der Waals surface area contributed by atoms with Crippen LogP contribution in [0.15, 0.2) is 35.7 Å².